The van der Waals surface area contributed by atoms with E-state index in [4.69, 9.17) is 23.7 Å². The van der Waals surface area contributed by atoms with Crippen LogP contribution in [0, 0.1) is 39.4 Å². The molecule has 2 aromatic carbocycles. The van der Waals surface area contributed by atoms with E-state index in [0.29, 0.717) is 19.3 Å². The molecule has 4 fully saturated rings. The van der Waals surface area contributed by atoms with Crippen molar-refractivity contribution in [2.24, 2.45) is 39.4 Å². The standard InChI is InChI=1S/C50H60F6O9/c1-28(2)38(65-41(59)48(62-10,50(54,55)56)30-19-15-12-16-20-30)33-26-45(7,60)39-34(63-33)25-43(5)35-23-21-31-32(46(35,8)36(57)27-44(39,43)6)22-24-37(42(31,3)4)64-40(58)47(61-9,49(51,52)53)29-17-13-11-14-18-29/h11-21,32-35,37-39,60H,1,22-27H2,2-10H3/t32-,33-,34-,35+,37+,38+,39+,43+,44-,45+,46+,47-,48-/m1/s1. The van der Waals surface area contributed by atoms with E-state index >= 15 is 4.79 Å². The zero-order valence-electron chi connectivity index (χ0n) is 38.3. The fraction of sp³-hybridized carbons (Fsp3) is 0.620. The highest BCUT2D eigenvalue weighted by molar-refractivity contribution is 5.88. The molecule has 0 amide bonds. The number of hydrogen-bond donors (Lipinski definition) is 1. The monoisotopic (exact) mass is 918 g/mol. The number of hydrogen-bond acceptors (Lipinski definition) is 9. The lowest BCUT2D eigenvalue weighted by molar-refractivity contribution is -0.282. The van der Waals surface area contributed by atoms with Gasteiger partial charge in [0.25, 0.3) is 11.2 Å². The van der Waals surface area contributed by atoms with Crippen LogP contribution in [0.5, 0.6) is 0 Å². The zero-order valence-corrected chi connectivity index (χ0v) is 38.3. The number of carbonyl (C=O) groups is 3. The van der Waals surface area contributed by atoms with Crippen molar-refractivity contribution < 1.29 is 69.5 Å². The van der Waals surface area contributed by atoms with Crippen LogP contribution in [0.1, 0.15) is 98.1 Å². The first kappa shape index (κ1) is 48.9. The molecule has 65 heavy (non-hydrogen) atoms. The average Bonchev–Trinajstić information content (AvgIpc) is 3.44. The number of alkyl halides is 6. The van der Waals surface area contributed by atoms with Crippen molar-refractivity contribution in [1.29, 1.82) is 0 Å². The number of rotatable bonds is 10. The Balaban J connectivity index is 1.18. The van der Waals surface area contributed by atoms with Crippen LogP contribution in [-0.4, -0.2) is 79.4 Å². The molecule has 1 saturated heterocycles. The van der Waals surface area contributed by atoms with Gasteiger partial charge in [0.15, 0.2) is 0 Å². The van der Waals surface area contributed by atoms with Gasteiger partial charge in [0, 0.05) is 54.9 Å². The molecular weight excluding hydrogens is 859 g/mol. The molecule has 1 aliphatic heterocycles. The number of halogens is 6. The third-order valence-corrected chi connectivity index (χ3v) is 16.8. The number of Topliss-reactive ketones (excluding diaryl/α,β-unsaturated/α-hetero) is 1. The van der Waals surface area contributed by atoms with E-state index in [1.807, 2.05) is 33.8 Å². The zero-order chi connectivity index (χ0) is 48.1. The van der Waals surface area contributed by atoms with Gasteiger partial charge in [-0.2, -0.15) is 26.3 Å². The van der Waals surface area contributed by atoms with Crippen molar-refractivity contribution in [2.75, 3.05) is 14.2 Å². The van der Waals surface area contributed by atoms with E-state index in [-0.39, 0.29) is 42.5 Å². The fourth-order valence-electron chi connectivity index (χ4n) is 13.5. The first-order chi connectivity index (χ1) is 30.1. The van der Waals surface area contributed by atoms with Crippen LogP contribution in [0.2, 0.25) is 0 Å². The minimum absolute atomic E-state index is 0.0276. The molecule has 7 rings (SSSR count). The first-order valence-corrected chi connectivity index (χ1v) is 22.1. The summed E-state index contributed by atoms with van der Waals surface area (Å²) in [5.41, 5.74) is -11.7. The maximum absolute atomic E-state index is 15.0. The highest BCUT2D eigenvalue weighted by atomic mass is 19.4. The van der Waals surface area contributed by atoms with E-state index in [2.05, 4.69) is 13.5 Å². The Hall–Kier alpha value is -4.05. The highest BCUT2D eigenvalue weighted by Crippen LogP contribution is 2.75. The van der Waals surface area contributed by atoms with Crippen molar-refractivity contribution in [3.05, 3.63) is 95.6 Å². The van der Waals surface area contributed by atoms with E-state index in [0.717, 1.165) is 31.9 Å². The summed E-state index contributed by atoms with van der Waals surface area (Å²) in [6.07, 6.45) is -11.4. The molecule has 15 heteroatoms. The maximum Gasteiger partial charge on any atom is 0.432 e. The van der Waals surface area contributed by atoms with Gasteiger partial charge in [-0.15, -0.1) is 0 Å². The fourth-order valence-corrected chi connectivity index (χ4v) is 13.5. The van der Waals surface area contributed by atoms with E-state index < -0.39 is 104 Å². The number of esters is 2. The number of fused-ring (bicyclic) bond motifs is 7. The summed E-state index contributed by atoms with van der Waals surface area (Å²) in [6.45, 7) is 16.8. The Labute approximate surface area is 376 Å². The molecule has 0 bridgehead atoms. The van der Waals surface area contributed by atoms with Gasteiger partial charge in [-0.1, -0.05) is 114 Å². The summed E-state index contributed by atoms with van der Waals surface area (Å²) in [7, 11) is 1.60. The number of aliphatic hydroxyl groups is 1. The van der Waals surface area contributed by atoms with Crippen LogP contribution < -0.4 is 0 Å². The van der Waals surface area contributed by atoms with Crippen LogP contribution in [0.3, 0.4) is 0 Å². The lowest BCUT2D eigenvalue weighted by atomic mass is 9.38. The molecule has 13 atom stereocenters. The number of methoxy groups -OCH3 is 2. The summed E-state index contributed by atoms with van der Waals surface area (Å²) < 4.78 is 118. The summed E-state index contributed by atoms with van der Waals surface area (Å²) >= 11 is 0. The second-order valence-corrected chi connectivity index (χ2v) is 20.5. The number of ketones is 1. The van der Waals surface area contributed by atoms with Crippen LogP contribution >= 0.6 is 0 Å². The summed E-state index contributed by atoms with van der Waals surface area (Å²) in [6, 6.07) is 13.1. The van der Waals surface area contributed by atoms with E-state index in [1.165, 1.54) is 55.5 Å². The van der Waals surface area contributed by atoms with Crippen LogP contribution in [0.4, 0.5) is 26.3 Å². The molecule has 0 unspecified atom stereocenters. The molecule has 3 saturated carbocycles. The molecular formula is C50H60F6O9. The second-order valence-electron chi connectivity index (χ2n) is 20.5. The Kier molecular flexibility index (Phi) is 12.1. The number of carbonyl (C=O) groups excluding carboxylic acids is 3. The van der Waals surface area contributed by atoms with Gasteiger partial charge < -0.3 is 28.8 Å². The molecule has 4 aliphatic carbocycles. The molecule has 9 nitrogen and oxygen atoms in total. The van der Waals surface area contributed by atoms with Gasteiger partial charge in [0.2, 0.25) is 0 Å². The predicted molar refractivity (Wildman–Crippen MR) is 226 cm³/mol. The van der Waals surface area contributed by atoms with Gasteiger partial charge in [-0.3, -0.25) is 4.79 Å². The molecule has 356 valence electrons. The molecule has 1 N–H and O–H groups in total. The quantitative estimate of drug-likeness (QED) is 0.141. The second kappa shape index (κ2) is 16.0. The molecule has 5 aliphatic rings. The average molecular weight is 919 g/mol. The smallest absolute Gasteiger partial charge is 0.432 e. The number of benzene rings is 2. The van der Waals surface area contributed by atoms with E-state index in [9.17, 15) is 41.0 Å². The Morgan fingerprint density at radius 2 is 1.32 bits per heavy atom. The van der Waals surface area contributed by atoms with Crippen molar-refractivity contribution in [2.45, 2.75) is 141 Å². The van der Waals surface area contributed by atoms with Gasteiger partial charge in [0.05, 0.1) is 11.7 Å². The van der Waals surface area contributed by atoms with E-state index in [1.54, 1.807) is 6.92 Å². The van der Waals surface area contributed by atoms with Crippen molar-refractivity contribution >= 4 is 17.7 Å². The third-order valence-electron chi connectivity index (χ3n) is 16.8. The lowest BCUT2D eigenvalue weighted by Gasteiger charge is -2.65. The SMILES string of the molecule is C=C(C)[C@H](OC(=O)[C@](OC)(c1ccccc1)C(F)(F)F)[C@H]1C[C@](C)(O)[C@H]2[C@@H](C[C@@]3(C)[C@@H]4CC=C5[C@@H](CC[C@H](OC(=O)[C@](OC)(c6ccccc6)C(F)(F)F)C5(C)C)[C@]4(C)C(=O)C[C@]23C)O1. The van der Waals surface area contributed by atoms with Gasteiger partial charge in [0.1, 0.15) is 24.1 Å². The van der Waals surface area contributed by atoms with Gasteiger partial charge >= 0.3 is 24.3 Å². The normalized spacial score (nSPS) is 36.6. The minimum Gasteiger partial charge on any atom is -0.459 e. The Morgan fingerprint density at radius 3 is 1.82 bits per heavy atom. The lowest BCUT2D eigenvalue weighted by Crippen LogP contribution is -2.65. The summed E-state index contributed by atoms with van der Waals surface area (Å²) in [5.74, 6) is -4.59. The van der Waals surface area contributed by atoms with Crippen LogP contribution in [0.25, 0.3) is 0 Å². The Morgan fingerprint density at radius 1 is 0.800 bits per heavy atom. The topological polar surface area (TPSA) is 118 Å². The minimum atomic E-state index is -5.23. The molecule has 0 aromatic heterocycles. The predicted octanol–water partition coefficient (Wildman–Crippen LogP) is 9.90. The number of ether oxygens (including phenoxy) is 5. The molecule has 2 aromatic rings. The van der Waals surface area contributed by atoms with Crippen LogP contribution in [0.15, 0.2) is 84.5 Å². The van der Waals surface area contributed by atoms with Gasteiger partial charge in [-0.25, -0.2) is 9.59 Å². The largest absolute Gasteiger partial charge is 0.459 e. The maximum atomic E-state index is 15.0. The highest BCUT2D eigenvalue weighted by Gasteiger charge is 2.76. The molecule has 0 radical (unpaired) electrons. The first-order valence-electron chi connectivity index (χ1n) is 22.1. The van der Waals surface area contributed by atoms with Crippen LogP contribution in [-0.2, 0) is 49.3 Å². The summed E-state index contributed by atoms with van der Waals surface area (Å²) in [4.78, 5) is 42.8. The van der Waals surface area contributed by atoms with Gasteiger partial charge in [-0.05, 0) is 67.8 Å². The van der Waals surface area contributed by atoms with Crippen molar-refractivity contribution in [1.82, 2.24) is 0 Å². The summed E-state index contributed by atoms with van der Waals surface area (Å²) in [5, 5.41) is 12.5. The number of allylic oxidation sites excluding steroid dienone is 1. The Bertz CT molecular complexity index is 2220. The molecule has 1 heterocycles. The van der Waals surface area contributed by atoms with Crippen molar-refractivity contribution in [3.63, 3.8) is 0 Å². The van der Waals surface area contributed by atoms with Crippen molar-refractivity contribution in [3.8, 4) is 0 Å². The molecule has 0 spiro atoms. The third kappa shape index (κ3) is 6.97.